The van der Waals surface area contributed by atoms with Crippen LogP contribution < -0.4 is 5.32 Å². The molecule has 0 spiro atoms. The molecular weight excluding hydrogens is 136 g/mol. The third-order valence-corrected chi connectivity index (χ3v) is 2.62. The molecule has 1 fully saturated rings. The van der Waals surface area contributed by atoms with Gasteiger partial charge in [-0.1, -0.05) is 0 Å². The van der Waals surface area contributed by atoms with E-state index in [1.807, 2.05) is 0 Å². The van der Waals surface area contributed by atoms with E-state index in [1.54, 1.807) is 0 Å². The Balaban J connectivity index is 2.06. The highest BCUT2D eigenvalue weighted by atomic mass is 15.0. The van der Waals surface area contributed by atoms with Gasteiger partial charge < -0.3 is 5.32 Å². The van der Waals surface area contributed by atoms with Crippen molar-refractivity contribution in [2.24, 2.45) is 4.99 Å². The van der Waals surface area contributed by atoms with Crippen LogP contribution in [0.5, 0.6) is 0 Å². The molecule has 1 N–H and O–H groups in total. The van der Waals surface area contributed by atoms with Crippen LogP contribution in [-0.4, -0.2) is 24.8 Å². The number of piperidine rings is 1. The highest BCUT2D eigenvalue weighted by Crippen LogP contribution is 2.14. The molecule has 0 aliphatic carbocycles. The van der Waals surface area contributed by atoms with E-state index in [9.17, 15) is 0 Å². The largest absolute Gasteiger partial charge is 0.309 e. The molecule has 0 saturated carbocycles. The molecule has 2 nitrogen and oxygen atoms in total. The fraction of sp³-hybridized carbons (Fsp3) is 0.889. The lowest BCUT2D eigenvalue weighted by molar-refractivity contribution is 0.522. The van der Waals surface area contributed by atoms with Crippen molar-refractivity contribution in [3.05, 3.63) is 0 Å². The van der Waals surface area contributed by atoms with Gasteiger partial charge in [0.15, 0.2) is 0 Å². The number of nitrogens with zero attached hydrogens (tertiary/aromatic N) is 1. The van der Waals surface area contributed by atoms with Crippen LogP contribution in [0.4, 0.5) is 0 Å². The molecule has 0 radical (unpaired) electrons. The molecule has 0 amide bonds. The summed E-state index contributed by atoms with van der Waals surface area (Å²) >= 11 is 0. The maximum atomic E-state index is 4.60. The molecular formula is C9H16N2. The first-order valence-electron chi connectivity index (χ1n) is 4.73. The molecule has 0 aromatic carbocycles. The normalized spacial score (nSPS) is 32.0. The van der Waals surface area contributed by atoms with Crippen LogP contribution >= 0.6 is 0 Å². The summed E-state index contributed by atoms with van der Waals surface area (Å²) in [7, 11) is 0. The van der Waals surface area contributed by atoms with E-state index in [1.165, 1.54) is 44.4 Å². The molecule has 2 heterocycles. The number of aliphatic imine (C=N–C) groups is 1. The monoisotopic (exact) mass is 152 g/mol. The second kappa shape index (κ2) is 3.35. The van der Waals surface area contributed by atoms with Gasteiger partial charge in [-0.3, -0.25) is 4.99 Å². The minimum atomic E-state index is 0.645. The Morgan fingerprint density at radius 2 is 2.27 bits per heavy atom. The van der Waals surface area contributed by atoms with Crippen LogP contribution in [0.2, 0.25) is 0 Å². The van der Waals surface area contributed by atoms with Gasteiger partial charge in [-0.25, -0.2) is 0 Å². The second-order valence-corrected chi connectivity index (χ2v) is 3.48. The van der Waals surface area contributed by atoms with Crippen LogP contribution in [0.25, 0.3) is 0 Å². The van der Waals surface area contributed by atoms with Crippen LogP contribution in [-0.2, 0) is 0 Å². The molecule has 11 heavy (non-hydrogen) atoms. The van der Waals surface area contributed by atoms with Crippen molar-refractivity contribution < 1.29 is 0 Å². The number of fused-ring (bicyclic) bond motifs is 1. The van der Waals surface area contributed by atoms with Gasteiger partial charge in [0.25, 0.3) is 0 Å². The Morgan fingerprint density at radius 3 is 3.27 bits per heavy atom. The van der Waals surface area contributed by atoms with Gasteiger partial charge >= 0.3 is 0 Å². The summed E-state index contributed by atoms with van der Waals surface area (Å²) in [4.78, 5) is 4.60. The van der Waals surface area contributed by atoms with E-state index in [0.717, 1.165) is 6.54 Å². The number of hydrogen-bond acceptors (Lipinski definition) is 2. The number of rotatable bonds is 0. The zero-order chi connectivity index (χ0) is 7.52. The van der Waals surface area contributed by atoms with Gasteiger partial charge in [0.05, 0.1) is 0 Å². The predicted octanol–water partition coefficient (Wildman–Crippen LogP) is 1.36. The fourth-order valence-electron chi connectivity index (χ4n) is 1.98. The molecule has 2 aliphatic heterocycles. The predicted molar refractivity (Wildman–Crippen MR) is 47.2 cm³/mol. The van der Waals surface area contributed by atoms with Gasteiger partial charge in [0.2, 0.25) is 0 Å². The molecule has 62 valence electrons. The summed E-state index contributed by atoms with van der Waals surface area (Å²) in [6, 6.07) is 0.645. The van der Waals surface area contributed by atoms with Gasteiger partial charge in [-0.05, 0) is 38.6 Å². The van der Waals surface area contributed by atoms with Crippen molar-refractivity contribution in [1.82, 2.24) is 5.32 Å². The first-order valence-corrected chi connectivity index (χ1v) is 4.73. The van der Waals surface area contributed by atoms with Crippen LogP contribution in [0.3, 0.4) is 0 Å². The van der Waals surface area contributed by atoms with Gasteiger partial charge in [0.1, 0.15) is 0 Å². The smallest absolute Gasteiger partial charge is 0.0450 e. The summed E-state index contributed by atoms with van der Waals surface area (Å²) in [6.45, 7) is 2.28. The highest BCUT2D eigenvalue weighted by molar-refractivity contribution is 5.90. The van der Waals surface area contributed by atoms with Gasteiger partial charge in [-0.2, -0.15) is 0 Å². The van der Waals surface area contributed by atoms with Gasteiger partial charge in [0, 0.05) is 18.3 Å². The lowest BCUT2D eigenvalue weighted by Crippen LogP contribution is -2.41. The molecule has 1 atom stereocenters. The van der Waals surface area contributed by atoms with Crippen LogP contribution in [0.15, 0.2) is 4.99 Å². The van der Waals surface area contributed by atoms with Crippen molar-refractivity contribution in [1.29, 1.82) is 0 Å². The minimum absolute atomic E-state index is 0.645. The number of hydrogen-bond donors (Lipinski definition) is 1. The SMILES string of the molecule is C1CCC2NCCCC2=NC1. The quantitative estimate of drug-likeness (QED) is 0.557. The molecule has 1 unspecified atom stereocenters. The van der Waals surface area contributed by atoms with Crippen molar-refractivity contribution in [3.8, 4) is 0 Å². The topological polar surface area (TPSA) is 24.4 Å². The Hall–Kier alpha value is -0.370. The summed E-state index contributed by atoms with van der Waals surface area (Å²) in [5, 5.41) is 3.53. The molecule has 2 aliphatic rings. The summed E-state index contributed by atoms with van der Waals surface area (Å²) in [5.74, 6) is 0. The zero-order valence-corrected chi connectivity index (χ0v) is 6.97. The zero-order valence-electron chi connectivity index (χ0n) is 6.97. The average Bonchev–Trinajstić information content (AvgIpc) is 2.28. The highest BCUT2D eigenvalue weighted by Gasteiger charge is 2.20. The molecule has 2 heteroatoms. The maximum absolute atomic E-state index is 4.60. The molecule has 0 aromatic heterocycles. The summed E-state index contributed by atoms with van der Waals surface area (Å²) < 4.78 is 0. The van der Waals surface area contributed by atoms with Crippen LogP contribution in [0.1, 0.15) is 32.1 Å². The maximum Gasteiger partial charge on any atom is 0.0450 e. The molecule has 2 rings (SSSR count). The van der Waals surface area contributed by atoms with Gasteiger partial charge in [-0.15, -0.1) is 0 Å². The van der Waals surface area contributed by atoms with E-state index in [4.69, 9.17) is 0 Å². The van der Waals surface area contributed by atoms with E-state index in [-0.39, 0.29) is 0 Å². The average molecular weight is 152 g/mol. The lowest BCUT2D eigenvalue weighted by Gasteiger charge is -2.24. The summed E-state index contributed by atoms with van der Waals surface area (Å²) in [6.07, 6.45) is 6.50. The Labute approximate surface area is 68.1 Å². The van der Waals surface area contributed by atoms with Crippen molar-refractivity contribution in [2.75, 3.05) is 13.1 Å². The number of nitrogens with one attached hydrogen (secondary N) is 1. The minimum Gasteiger partial charge on any atom is -0.309 e. The Morgan fingerprint density at radius 1 is 1.27 bits per heavy atom. The lowest BCUT2D eigenvalue weighted by atomic mass is 9.99. The Bertz CT molecular complexity index is 163. The third kappa shape index (κ3) is 1.62. The van der Waals surface area contributed by atoms with E-state index in [2.05, 4.69) is 10.3 Å². The first-order chi connectivity index (χ1) is 5.47. The van der Waals surface area contributed by atoms with E-state index >= 15 is 0 Å². The Kier molecular flexibility index (Phi) is 2.22. The summed E-state index contributed by atoms with van der Waals surface area (Å²) in [5.41, 5.74) is 1.45. The fourth-order valence-corrected chi connectivity index (χ4v) is 1.98. The first kappa shape index (κ1) is 7.29. The standard InChI is InChI=1S/C9H16N2/c1-2-6-10-9-5-3-7-11-8(9)4-1/h8,11H,1-7H2. The van der Waals surface area contributed by atoms with E-state index in [0.29, 0.717) is 6.04 Å². The second-order valence-electron chi connectivity index (χ2n) is 3.48. The third-order valence-electron chi connectivity index (χ3n) is 2.62. The molecule has 1 saturated heterocycles. The molecule has 0 aromatic rings. The van der Waals surface area contributed by atoms with Crippen LogP contribution in [0, 0.1) is 0 Å². The van der Waals surface area contributed by atoms with Crippen molar-refractivity contribution in [3.63, 3.8) is 0 Å². The van der Waals surface area contributed by atoms with E-state index < -0.39 is 0 Å². The molecule has 0 bridgehead atoms. The van der Waals surface area contributed by atoms with Crippen molar-refractivity contribution >= 4 is 5.71 Å². The van der Waals surface area contributed by atoms with Crippen molar-refractivity contribution in [2.45, 2.75) is 38.1 Å².